The van der Waals surface area contributed by atoms with E-state index in [2.05, 4.69) is 43.1 Å². The number of hydrogen-bond donors (Lipinski definition) is 1. The number of benzene rings is 2. The van der Waals surface area contributed by atoms with Crippen molar-refractivity contribution >= 4 is 40.7 Å². The standard InChI is InChI=1S/C17H23N3O.HI/c1-4-20(5-2)17(18)19-12-13-6-7-15-11-16(21-3)9-8-14(15)10-13;/h6-11H,4-5,12H2,1-3H3,(H2,18,19);1H. The smallest absolute Gasteiger partial charge is 0.191 e. The molecular weight excluding hydrogens is 389 g/mol. The third kappa shape index (κ3) is 4.50. The first-order valence-electron chi connectivity index (χ1n) is 7.29. The number of aliphatic imine (C=N–C) groups is 1. The summed E-state index contributed by atoms with van der Waals surface area (Å²) in [5, 5.41) is 2.35. The van der Waals surface area contributed by atoms with Crippen molar-refractivity contribution in [2.45, 2.75) is 20.4 Å². The van der Waals surface area contributed by atoms with Gasteiger partial charge in [0.25, 0.3) is 0 Å². The molecule has 4 nitrogen and oxygen atoms in total. The highest BCUT2D eigenvalue weighted by Gasteiger charge is 2.02. The van der Waals surface area contributed by atoms with Gasteiger partial charge in [-0.05, 0) is 48.4 Å². The third-order valence-electron chi connectivity index (χ3n) is 3.62. The number of methoxy groups -OCH3 is 1. The van der Waals surface area contributed by atoms with Gasteiger partial charge in [-0.15, -0.1) is 24.0 Å². The Morgan fingerprint density at radius 1 is 1.09 bits per heavy atom. The molecule has 120 valence electrons. The van der Waals surface area contributed by atoms with Crippen molar-refractivity contribution in [3.05, 3.63) is 42.0 Å². The lowest BCUT2D eigenvalue weighted by Gasteiger charge is -2.19. The molecule has 2 aromatic carbocycles. The fourth-order valence-corrected chi connectivity index (χ4v) is 2.32. The summed E-state index contributed by atoms with van der Waals surface area (Å²) in [7, 11) is 1.68. The minimum atomic E-state index is 0. The van der Waals surface area contributed by atoms with E-state index in [-0.39, 0.29) is 24.0 Å². The van der Waals surface area contributed by atoms with Crippen molar-refractivity contribution in [2.75, 3.05) is 20.2 Å². The quantitative estimate of drug-likeness (QED) is 0.463. The Kier molecular flexibility index (Phi) is 7.44. The Bertz CT molecular complexity index is 639. The molecule has 0 aliphatic heterocycles. The van der Waals surface area contributed by atoms with Gasteiger partial charge in [0, 0.05) is 13.1 Å². The van der Waals surface area contributed by atoms with Gasteiger partial charge in [-0.2, -0.15) is 0 Å². The van der Waals surface area contributed by atoms with Crippen LogP contribution in [-0.2, 0) is 6.54 Å². The normalized spacial score (nSPS) is 11.1. The van der Waals surface area contributed by atoms with Crippen LogP contribution in [-0.4, -0.2) is 31.1 Å². The van der Waals surface area contributed by atoms with Crippen molar-refractivity contribution in [3.8, 4) is 5.75 Å². The summed E-state index contributed by atoms with van der Waals surface area (Å²) < 4.78 is 5.24. The monoisotopic (exact) mass is 413 g/mol. The average molecular weight is 413 g/mol. The zero-order chi connectivity index (χ0) is 15.2. The molecule has 0 fully saturated rings. The van der Waals surface area contributed by atoms with Crippen molar-refractivity contribution in [2.24, 2.45) is 10.7 Å². The lowest BCUT2D eigenvalue weighted by molar-refractivity contribution is 0.415. The first kappa shape index (κ1) is 18.5. The summed E-state index contributed by atoms with van der Waals surface area (Å²) in [5.41, 5.74) is 7.15. The van der Waals surface area contributed by atoms with E-state index < -0.39 is 0 Å². The lowest BCUT2D eigenvalue weighted by Crippen LogP contribution is -2.37. The lowest BCUT2D eigenvalue weighted by atomic mass is 10.1. The topological polar surface area (TPSA) is 50.8 Å². The van der Waals surface area contributed by atoms with E-state index in [1.807, 2.05) is 17.0 Å². The second-order valence-electron chi connectivity index (χ2n) is 4.89. The molecule has 2 aromatic rings. The van der Waals surface area contributed by atoms with Crippen molar-refractivity contribution in [3.63, 3.8) is 0 Å². The molecule has 0 saturated carbocycles. The summed E-state index contributed by atoms with van der Waals surface area (Å²) in [6.45, 7) is 6.52. The summed E-state index contributed by atoms with van der Waals surface area (Å²) in [5.74, 6) is 1.48. The van der Waals surface area contributed by atoms with Gasteiger partial charge in [0.05, 0.1) is 13.7 Å². The van der Waals surface area contributed by atoms with Crippen LogP contribution in [0.25, 0.3) is 10.8 Å². The molecule has 0 radical (unpaired) electrons. The highest BCUT2D eigenvalue weighted by atomic mass is 127. The van der Waals surface area contributed by atoms with E-state index in [1.54, 1.807) is 7.11 Å². The number of rotatable bonds is 5. The zero-order valence-electron chi connectivity index (χ0n) is 13.4. The molecule has 2 N–H and O–H groups in total. The minimum Gasteiger partial charge on any atom is -0.497 e. The van der Waals surface area contributed by atoms with Crippen LogP contribution >= 0.6 is 24.0 Å². The molecule has 0 saturated heterocycles. The molecule has 0 atom stereocenters. The maximum absolute atomic E-state index is 6.00. The molecule has 2 rings (SSSR count). The average Bonchev–Trinajstić information content (AvgIpc) is 2.53. The summed E-state index contributed by atoms with van der Waals surface area (Å²) >= 11 is 0. The van der Waals surface area contributed by atoms with Crippen molar-refractivity contribution in [1.29, 1.82) is 0 Å². The van der Waals surface area contributed by atoms with Crippen LogP contribution in [0.15, 0.2) is 41.4 Å². The van der Waals surface area contributed by atoms with Crippen LogP contribution in [0.4, 0.5) is 0 Å². The molecule has 5 heteroatoms. The molecule has 0 unspecified atom stereocenters. The largest absolute Gasteiger partial charge is 0.497 e. The van der Waals surface area contributed by atoms with Gasteiger partial charge in [0.15, 0.2) is 5.96 Å². The fraction of sp³-hybridized carbons (Fsp3) is 0.353. The molecule has 22 heavy (non-hydrogen) atoms. The van der Waals surface area contributed by atoms with Crippen molar-refractivity contribution < 1.29 is 4.74 Å². The predicted octanol–water partition coefficient (Wildman–Crippen LogP) is 3.62. The predicted molar refractivity (Wildman–Crippen MR) is 104 cm³/mol. The number of halogens is 1. The second-order valence-corrected chi connectivity index (χ2v) is 4.89. The molecule has 0 bridgehead atoms. The Hall–Kier alpha value is -1.50. The summed E-state index contributed by atoms with van der Waals surface area (Å²) in [6.07, 6.45) is 0. The van der Waals surface area contributed by atoms with Gasteiger partial charge in [-0.1, -0.05) is 18.2 Å². The SMILES string of the molecule is CCN(CC)C(N)=NCc1ccc2cc(OC)ccc2c1.I. The van der Waals surface area contributed by atoms with Gasteiger partial charge in [0.2, 0.25) is 0 Å². The van der Waals surface area contributed by atoms with E-state index >= 15 is 0 Å². The number of ether oxygens (including phenoxy) is 1. The van der Waals surface area contributed by atoms with Crippen LogP contribution in [0.5, 0.6) is 5.75 Å². The first-order valence-corrected chi connectivity index (χ1v) is 7.29. The highest BCUT2D eigenvalue weighted by Crippen LogP contribution is 2.22. The van der Waals surface area contributed by atoms with Crippen LogP contribution in [0.1, 0.15) is 19.4 Å². The number of fused-ring (bicyclic) bond motifs is 1. The van der Waals surface area contributed by atoms with E-state index in [0.717, 1.165) is 24.4 Å². The third-order valence-corrected chi connectivity index (χ3v) is 3.62. The van der Waals surface area contributed by atoms with Gasteiger partial charge in [-0.3, -0.25) is 0 Å². The summed E-state index contributed by atoms with van der Waals surface area (Å²) in [6, 6.07) is 12.4. The highest BCUT2D eigenvalue weighted by molar-refractivity contribution is 14.0. The van der Waals surface area contributed by atoms with E-state index in [4.69, 9.17) is 10.5 Å². The molecular formula is C17H24IN3O. The van der Waals surface area contributed by atoms with E-state index in [0.29, 0.717) is 12.5 Å². The van der Waals surface area contributed by atoms with Gasteiger partial charge in [-0.25, -0.2) is 4.99 Å². The number of nitrogens with zero attached hydrogens (tertiary/aromatic N) is 2. The first-order chi connectivity index (χ1) is 10.2. The Balaban J connectivity index is 0.00000242. The molecule has 0 heterocycles. The second kappa shape index (κ2) is 8.82. The molecule has 0 aliphatic carbocycles. The van der Waals surface area contributed by atoms with E-state index in [1.165, 1.54) is 10.8 Å². The molecule has 0 aromatic heterocycles. The number of guanidine groups is 1. The maximum atomic E-state index is 6.00. The van der Waals surface area contributed by atoms with Gasteiger partial charge < -0.3 is 15.4 Å². The van der Waals surface area contributed by atoms with Crippen molar-refractivity contribution in [1.82, 2.24) is 4.90 Å². The number of hydrogen-bond acceptors (Lipinski definition) is 2. The Labute approximate surface area is 149 Å². The van der Waals surface area contributed by atoms with Crippen LogP contribution in [0.2, 0.25) is 0 Å². The summed E-state index contributed by atoms with van der Waals surface area (Å²) in [4.78, 5) is 6.52. The van der Waals surface area contributed by atoms with Crippen LogP contribution in [0.3, 0.4) is 0 Å². The molecule has 0 amide bonds. The van der Waals surface area contributed by atoms with Crippen LogP contribution in [0, 0.1) is 0 Å². The Morgan fingerprint density at radius 3 is 2.36 bits per heavy atom. The van der Waals surface area contributed by atoms with Crippen LogP contribution < -0.4 is 10.5 Å². The minimum absolute atomic E-state index is 0. The molecule has 0 spiro atoms. The van der Waals surface area contributed by atoms with Gasteiger partial charge >= 0.3 is 0 Å². The fourth-order valence-electron chi connectivity index (χ4n) is 2.32. The zero-order valence-corrected chi connectivity index (χ0v) is 15.7. The van der Waals surface area contributed by atoms with E-state index in [9.17, 15) is 0 Å². The molecule has 0 aliphatic rings. The maximum Gasteiger partial charge on any atom is 0.191 e. The Morgan fingerprint density at radius 2 is 1.73 bits per heavy atom. The van der Waals surface area contributed by atoms with Gasteiger partial charge in [0.1, 0.15) is 5.75 Å². The number of nitrogens with two attached hydrogens (primary N) is 1.